The molecule has 23 heavy (non-hydrogen) atoms. The van der Waals surface area contributed by atoms with Gasteiger partial charge in [0.2, 0.25) is 0 Å². The summed E-state index contributed by atoms with van der Waals surface area (Å²) >= 11 is 5.89. The van der Waals surface area contributed by atoms with Gasteiger partial charge < -0.3 is 14.5 Å². The lowest BCUT2D eigenvalue weighted by Gasteiger charge is -2.04. The Morgan fingerprint density at radius 2 is 2.22 bits per heavy atom. The highest BCUT2D eigenvalue weighted by molar-refractivity contribution is 6.30. The molecule has 3 rings (SSSR count). The van der Waals surface area contributed by atoms with Gasteiger partial charge in [-0.15, -0.1) is 0 Å². The first-order valence-electron chi connectivity index (χ1n) is 6.88. The van der Waals surface area contributed by atoms with Crippen molar-refractivity contribution in [3.63, 3.8) is 0 Å². The van der Waals surface area contributed by atoms with Crippen molar-refractivity contribution in [3.8, 4) is 5.75 Å². The molecule has 0 saturated heterocycles. The van der Waals surface area contributed by atoms with E-state index in [1.807, 2.05) is 0 Å². The van der Waals surface area contributed by atoms with Crippen molar-refractivity contribution >= 4 is 23.3 Å². The lowest BCUT2D eigenvalue weighted by atomic mass is 10.3. The maximum atomic E-state index is 12.0. The molecule has 2 aromatic heterocycles. The van der Waals surface area contributed by atoms with Crippen LogP contribution in [0.15, 0.2) is 53.1 Å². The van der Waals surface area contributed by atoms with Gasteiger partial charge in [-0.1, -0.05) is 17.7 Å². The van der Waals surface area contributed by atoms with Crippen molar-refractivity contribution in [2.24, 2.45) is 7.05 Å². The number of aromatic nitrogens is 2. The third-order valence-corrected chi connectivity index (χ3v) is 3.25. The number of hydrogen-bond donors (Lipinski definition) is 1. The van der Waals surface area contributed by atoms with Gasteiger partial charge in [0.05, 0.1) is 0 Å². The molecule has 0 aliphatic carbocycles. The molecule has 0 aliphatic rings. The number of anilines is 1. The number of amides is 1. The second-order valence-corrected chi connectivity index (χ2v) is 5.28. The zero-order valence-electron chi connectivity index (χ0n) is 12.3. The molecule has 118 valence electrons. The molecule has 7 heteroatoms. The number of benzene rings is 1. The Labute approximate surface area is 137 Å². The van der Waals surface area contributed by atoms with Crippen molar-refractivity contribution in [1.82, 2.24) is 9.78 Å². The molecule has 0 spiro atoms. The van der Waals surface area contributed by atoms with Gasteiger partial charge in [0.15, 0.2) is 11.6 Å². The summed E-state index contributed by atoms with van der Waals surface area (Å²) in [6.45, 7) is 0.206. The van der Waals surface area contributed by atoms with Crippen LogP contribution in [0.25, 0.3) is 0 Å². The number of carbonyl (C=O) groups is 1. The zero-order valence-corrected chi connectivity index (χ0v) is 13.1. The number of halogens is 1. The molecule has 6 nitrogen and oxygen atoms in total. The van der Waals surface area contributed by atoms with Gasteiger partial charge in [-0.05, 0) is 30.3 Å². The Morgan fingerprint density at radius 1 is 1.35 bits per heavy atom. The Bertz CT molecular complexity index is 825. The van der Waals surface area contributed by atoms with Crippen LogP contribution in [-0.2, 0) is 13.7 Å². The van der Waals surface area contributed by atoms with Crippen LogP contribution in [0.5, 0.6) is 5.75 Å². The maximum Gasteiger partial charge on any atom is 0.292 e. The van der Waals surface area contributed by atoms with Gasteiger partial charge in [-0.2, -0.15) is 5.10 Å². The molecule has 1 amide bonds. The van der Waals surface area contributed by atoms with Crippen molar-refractivity contribution in [2.75, 3.05) is 5.32 Å². The highest BCUT2D eigenvalue weighted by Crippen LogP contribution is 2.19. The summed E-state index contributed by atoms with van der Waals surface area (Å²) in [5.41, 5.74) is 0. The van der Waals surface area contributed by atoms with Gasteiger partial charge in [-0.3, -0.25) is 9.48 Å². The average Bonchev–Trinajstić information content (AvgIpc) is 3.14. The average molecular weight is 332 g/mol. The van der Waals surface area contributed by atoms with Crippen molar-refractivity contribution in [1.29, 1.82) is 0 Å². The lowest BCUT2D eigenvalue weighted by molar-refractivity contribution is 0.0992. The fourth-order valence-electron chi connectivity index (χ4n) is 1.95. The number of rotatable bonds is 5. The van der Waals surface area contributed by atoms with Gasteiger partial charge in [0.1, 0.15) is 18.1 Å². The number of furan rings is 1. The molecule has 1 aromatic carbocycles. The monoisotopic (exact) mass is 331 g/mol. The first-order valence-corrected chi connectivity index (χ1v) is 7.26. The van der Waals surface area contributed by atoms with E-state index < -0.39 is 0 Å². The Morgan fingerprint density at radius 3 is 2.96 bits per heavy atom. The lowest BCUT2D eigenvalue weighted by Crippen LogP contribution is -2.11. The number of ether oxygens (including phenoxy) is 1. The first-order chi connectivity index (χ1) is 11.1. The summed E-state index contributed by atoms with van der Waals surface area (Å²) in [5, 5.41) is 7.32. The number of carbonyl (C=O) groups excluding carboxylic acids is 1. The minimum absolute atomic E-state index is 0.195. The zero-order chi connectivity index (χ0) is 16.2. The fraction of sp³-hybridized carbons (Fsp3) is 0.125. The fourth-order valence-corrected chi connectivity index (χ4v) is 2.13. The van der Waals surface area contributed by atoms with E-state index in [9.17, 15) is 4.79 Å². The molecule has 0 aliphatic heterocycles. The molecule has 0 bridgehead atoms. The van der Waals surface area contributed by atoms with E-state index in [0.29, 0.717) is 22.4 Å². The standard InChI is InChI=1S/C16H14ClN3O3/c1-20-8-7-15(19-20)18-16(21)14-6-5-13(23-14)10-22-12-4-2-3-11(17)9-12/h2-9H,10H2,1H3,(H,18,19,21). The maximum absolute atomic E-state index is 12.0. The minimum atomic E-state index is -0.363. The van der Waals surface area contributed by atoms with Gasteiger partial charge in [-0.25, -0.2) is 0 Å². The van der Waals surface area contributed by atoms with Crippen LogP contribution in [0.2, 0.25) is 5.02 Å². The van der Waals surface area contributed by atoms with Crippen LogP contribution in [0, 0.1) is 0 Å². The van der Waals surface area contributed by atoms with Crippen molar-refractivity contribution < 1.29 is 13.9 Å². The molecule has 0 fully saturated rings. The van der Waals surface area contributed by atoms with Crippen LogP contribution in [0.1, 0.15) is 16.3 Å². The van der Waals surface area contributed by atoms with Crippen LogP contribution < -0.4 is 10.1 Å². The van der Waals surface area contributed by atoms with E-state index in [1.165, 1.54) is 0 Å². The second-order valence-electron chi connectivity index (χ2n) is 4.84. The van der Waals surface area contributed by atoms with Crippen LogP contribution >= 0.6 is 11.6 Å². The molecule has 0 atom stereocenters. The Balaban J connectivity index is 1.60. The Hall–Kier alpha value is -2.73. The number of hydrogen-bond acceptors (Lipinski definition) is 4. The van der Waals surface area contributed by atoms with E-state index in [4.69, 9.17) is 20.8 Å². The number of nitrogens with zero attached hydrogens (tertiary/aromatic N) is 2. The smallest absolute Gasteiger partial charge is 0.292 e. The number of nitrogens with one attached hydrogen (secondary N) is 1. The van der Waals surface area contributed by atoms with Crippen molar-refractivity contribution in [2.45, 2.75) is 6.61 Å². The minimum Gasteiger partial charge on any atom is -0.486 e. The predicted molar refractivity (Wildman–Crippen MR) is 85.7 cm³/mol. The van der Waals surface area contributed by atoms with Crippen LogP contribution in [0.4, 0.5) is 5.82 Å². The van der Waals surface area contributed by atoms with Crippen molar-refractivity contribution in [3.05, 3.63) is 65.2 Å². The summed E-state index contributed by atoms with van der Waals surface area (Å²) in [7, 11) is 1.77. The molecule has 0 radical (unpaired) electrons. The largest absolute Gasteiger partial charge is 0.486 e. The van der Waals surface area contributed by atoms with E-state index in [-0.39, 0.29) is 18.3 Å². The molecule has 0 unspecified atom stereocenters. The van der Waals surface area contributed by atoms with E-state index in [2.05, 4.69) is 10.4 Å². The topological polar surface area (TPSA) is 69.3 Å². The summed E-state index contributed by atoms with van der Waals surface area (Å²) in [4.78, 5) is 12.0. The third-order valence-electron chi connectivity index (χ3n) is 3.02. The normalized spacial score (nSPS) is 10.5. The molecule has 1 N–H and O–H groups in total. The summed E-state index contributed by atoms with van der Waals surface area (Å²) < 4.78 is 12.6. The Kier molecular flexibility index (Phi) is 4.34. The van der Waals surface area contributed by atoms with E-state index in [0.717, 1.165) is 0 Å². The second kappa shape index (κ2) is 6.58. The van der Waals surface area contributed by atoms with Crippen LogP contribution in [0.3, 0.4) is 0 Å². The quantitative estimate of drug-likeness (QED) is 0.777. The summed E-state index contributed by atoms with van der Waals surface area (Å²) in [6, 6.07) is 12.0. The van der Waals surface area contributed by atoms with Crippen LogP contribution in [-0.4, -0.2) is 15.7 Å². The summed E-state index contributed by atoms with van der Waals surface area (Å²) in [5.74, 6) is 1.47. The molecule has 0 saturated carbocycles. The molecule has 2 heterocycles. The van der Waals surface area contributed by atoms with Gasteiger partial charge in [0.25, 0.3) is 5.91 Å². The van der Waals surface area contributed by atoms with Gasteiger partial charge >= 0.3 is 0 Å². The first kappa shape index (κ1) is 15.2. The summed E-state index contributed by atoms with van der Waals surface area (Å²) in [6.07, 6.45) is 1.74. The number of aryl methyl sites for hydroxylation is 1. The predicted octanol–water partition coefficient (Wildman–Crippen LogP) is 3.50. The molecular formula is C16H14ClN3O3. The van der Waals surface area contributed by atoms with Gasteiger partial charge in [0, 0.05) is 24.3 Å². The molecular weight excluding hydrogens is 318 g/mol. The molecule has 3 aromatic rings. The third kappa shape index (κ3) is 3.92. The highest BCUT2D eigenvalue weighted by atomic mass is 35.5. The highest BCUT2D eigenvalue weighted by Gasteiger charge is 2.13. The van der Waals surface area contributed by atoms with E-state index in [1.54, 1.807) is 60.4 Å². The van der Waals surface area contributed by atoms with E-state index >= 15 is 0 Å². The SMILES string of the molecule is Cn1ccc(NC(=O)c2ccc(COc3cccc(Cl)c3)o2)n1.